The van der Waals surface area contributed by atoms with E-state index in [1.54, 1.807) is 6.07 Å². The lowest BCUT2D eigenvalue weighted by Gasteiger charge is -2.00. The Morgan fingerprint density at radius 2 is 2.45 bits per heavy atom. The number of rotatable bonds is 2. The van der Waals surface area contributed by atoms with Crippen LogP contribution in [0, 0.1) is 11.3 Å². The van der Waals surface area contributed by atoms with Gasteiger partial charge in [-0.05, 0) is 0 Å². The van der Waals surface area contributed by atoms with Gasteiger partial charge in [-0.2, -0.15) is 5.26 Å². The van der Waals surface area contributed by atoms with Gasteiger partial charge in [0.2, 0.25) is 0 Å². The maximum absolute atomic E-state index is 11.8. The third-order valence-electron chi connectivity index (χ3n) is 1.16. The standard InChI is InChI=1S/C6H5F2N3/c7-6(8)3-11-4-10-2-5(11)1-9/h2,4,6H,3H2. The molecule has 5 heteroatoms. The van der Waals surface area contributed by atoms with Crippen molar-refractivity contribution in [2.24, 2.45) is 0 Å². The van der Waals surface area contributed by atoms with Crippen LogP contribution in [0.2, 0.25) is 0 Å². The van der Waals surface area contributed by atoms with Gasteiger partial charge in [-0.3, -0.25) is 0 Å². The van der Waals surface area contributed by atoms with E-state index >= 15 is 0 Å². The van der Waals surface area contributed by atoms with Crippen LogP contribution in [-0.2, 0) is 6.54 Å². The van der Waals surface area contributed by atoms with Crippen molar-refractivity contribution in [2.45, 2.75) is 13.0 Å². The van der Waals surface area contributed by atoms with Crippen molar-refractivity contribution in [1.82, 2.24) is 9.55 Å². The van der Waals surface area contributed by atoms with Crippen LogP contribution < -0.4 is 0 Å². The van der Waals surface area contributed by atoms with Crippen LogP contribution in [0.3, 0.4) is 0 Å². The summed E-state index contributed by atoms with van der Waals surface area (Å²) in [6.45, 7) is -0.469. The number of hydrogen-bond acceptors (Lipinski definition) is 2. The average Bonchev–Trinajstić information content (AvgIpc) is 2.34. The molecule has 1 aromatic heterocycles. The van der Waals surface area contributed by atoms with E-state index in [4.69, 9.17) is 5.26 Å². The second-order valence-corrected chi connectivity index (χ2v) is 1.93. The Morgan fingerprint density at radius 3 is 3.00 bits per heavy atom. The second kappa shape index (κ2) is 3.10. The minimum absolute atomic E-state index is 0.158. The maximum atomic E-state index is 11.8. The third-order valence-corrected chi connectivity index (χ3v) is 1.16. The van der Waals surface area contributed by atoms with Crippen LogP contribution in [-0.4, -0.2) is 16.0 Å². The largest absolute Gasteiger partial charge is 0.317 e. The van der Waals surface area contributed by atoms with Crippen LogP contribution in [0.25, 0.3) is 0 Å². The predicted molar refractivity (Wildman–Crippen MR) is 32.9 cm³/mol. The number of aromatic nitrogens is 2. The van der Waals surface area contributed by atoms with E-state index in [9.17, 15) is 8.78 Å². The lowest BCUT2D eigenvalue weighted by atomic mass is 10.5. The fourth-order valence-electron chi connectivity index (χ4n) is 0.708. The predicted octanol–water partition coefficient (Wildman–Crippen LogP) is 1.02. The van der Waals surface area contributed by atoms with Gasteiger partial charge in [0, 0.05) is 0 Å². The van der Waals surface area contributed by atoms with Crippen molar-refractivity contribution in [3.05, 3.63) is 18.2 Å². The zero-order valence-corrected chi connectivity index (χ0v) is 5.54. The van der Waals surface area contributed by atoms with Crippen molar-refractivity contribution in [3.63, 3.8) is 0 Å². The highest BCUT2D eigenvalue weighted by Gasteiger charge is 2.06. The van der Waals surface area contributed by atoms with E-state index in [0.29, 0.717) is 0 Å². The van der Waals surface area contributed by atoms with E-state index < -0.39 is 13.0 Å². The van der Waals surface area contributed by atoms with Crippen LogP contribution in [0.4, 0.5) is 8.78 Å². The van der Waals surface area contributed by atoms with E-state index in [0.717, 1.165) is 4.57 Å². The molecule has 0 saturated carbocycles. The summed E-state index contributed by atoms with van der Waals surface area (Å²) in [6.07, 6.45) is 0.0175. The summed E-state index contributed by atoms with van der Waals surface area (Å²) in [5.74, 6) is 0. The first-order chi connectivity index (χ1) is 5.24. The minimum atomic E-state index is -2.45. The summed E-state index contributed by atoms with van der Waals surface area (Å²) in [6, 6.07) is 1.75. The van der Waals surface area contributed by atoms with Crippen molar-refractivity contribution >= 4 is 0 Å². The number of halogens is 2. The van der Waals surface area contributed by atoms with Crippen LogP contribution >= 0.6 is 0 Å². The number of imidazole rings is 1. The molecule has 58 valence electrons. The molecule has 0 atom stereocenters. The van der Waals surface area contributed by atoms with Gasteiger partial charge < -0.3 is 4.57 Å². The Bertz CT molecular complexity index is 274. The molecule has 0 fully saturated rings. The first-order valence-corrected chi connectivity index (χ1v) is 2.92. The molecule has 1 aromatic rings. The molecule has 1 rings (SSSR count). The highest BCUT2D eigenvalue weighted by Crippen LogP contribution is 2.02. The Balaban J connectivity index is 2.79. The molecule has 0 aliphatic rings. The Kier molecular flexibility index (Phi) is 2.16. The molecule has 0 aromatic carbocycles. The van der Waals surface area contributed by atoms with Crippen LogP contribution in [0.1, 0.15) is 5.69 Å². The third kappa shape index (κ3) is 1.74. The lowest BCUT2D eigenvalue weighted by molar-refractivity contribution is 0.126. The normalized spacial score (nSPS) is 10.0. The van der Waals surface area contributed by atoms with Gasteiger partial charge in [0.05, 0.1) is 19.1 Å². The molecule has 0 spiro atoms. The first-order valence-electron chi connectivity index (χ1n) is 2.92. The quantitative estimate of drug-likeness (QED) is 0.643. The fourth-order valence-corrected chi connectivity index (χ4v) is 0.708. The monoisotopic (exact) mass is 157 g/mol. The molecule has 3 nitrogen and oxygen atoms in total. The Morgan fingerprint density at radius 1 is 1.73 bits per heavy atom. The Hall–Kier alpha value is -1.44. The summed E-state index contributed by atoms with van der Waals surface area (Å²) in [7, 11) is 0. The van der Waals surface area contributed by atoms with Gasteiger partial charge in [-0.1, -0.05) is 0 Å². The second-order valence-electron chi connectivity index (χ2n) is 1.93. The topological polar surface area (TPSA) is 41.6 Å². The van der Waals surface area contributed by atoms with Crippen molar-refractivity contribution in [2.75, 3.05) is 0 Å². The zero-order chi connectivity index (χ0) is 8.27. The van der Waals surface area contributed by atoms with Gasteiger partial charge >= 0.3 is 0 Å². The molecule has 0 radical (unpaired) electrons. The first kappa shape index (κ1) is 7.66. The number of hydrogen-bond donors (Lipinski definition) is 0. The lowest BCUT2D eigenvalue weighted by Crippen LogP contribution is -2.06. The summed E-state index contributed by atoms with van der Waals surface area (Å²) in [5.41, 5.74) is 0.158. The SMILES string of the molecule is N#Cc1cncn1CC(F)F. The molecule has 0 unspecified atom stereocenters. The molecule has 0 amide bonds. The highest BCUT2D eigenvalue weighted by molar-refractivity contribution is 5.16. The number of alkyl halides is 2. The van der Waals surface area contributed by atoms with E-state index in [1.165, 1.54) is 12.5 Å². The van der Waals surface area contributed by atoms with Gasteiger partial charge in [-0.25, -0.2) is 13.8 Å². The van der Waals surface area contributed by atoms with Gasteiger partial charge in [0.25, 0.3) is 6.43 Å². The van der Waals surface area contributed by atoms with Crippen LogP contribution in [0.15, 0.2) is 12.5 Å². The van der Waals surface area contributed by atoms with Crippen molar-refractivity contribution in [1.29, 1.82) is 5.26 Å². The number of nitrogens with zero attached hydrogens (tertiary/aromatic N) is 3. The maximum Gasteiger partial charge on any atom is 0.256 e. The summed E-state index contributed by atoms with van der Waals surface area (Å²) in [5, 5.41) is 8.36. The summed E-state index contributed by atoms with van der Waals surface area (Å²) < 4.78 is 24.6. The van der Waals surface area contributed by atoms with E-state index in [2.05, 4.69) is 4.98 Å². The molecular formula is C6H5F2N3. The van der Waals surface area contributed by atoms with Gasteiger partial charge in [0.1, 0.15) is 11.8 Å². The molecule has 11 heavy (non-hydrogen) atoms. The number of nitriles is 1. The fraction of sp³-hybridized carbons (Fsp3) is 0.333. The van der Waals surface area contributed by atoms with Crippen molar-refractivity contribution in [3.8, 4) is 6.07 Å². The minimum Gasteiger partial charge on any atom is -0.317 e. The molecular weight excluding hydrogens is 152 g/mol. The molecule has 0 bridgehead atoms. The van der Waals surface area contributed by atoms with Gasteiger partial charge in [-0.15, -0.1) is 0 Å². The zero-order valence-electron chi connectivity index (χ0n) is 5.54. The highest BCUT2D eigenvalue weighted by atomic mass is 19.3. The molecule has 1 heterocycles. The smallest absolute Gasteiger partial charge is 0.256 e. The molecule has 0 N–H and O–H groups in total. The van der Waals surface area contributed by atoms with Crippen molar-refractivity contribution < 1.29 is 8.78 Å². The van der Waals surface area contributed by atoms with Crippen LogP contribution in [0.5, 0.6) is 0 Å². The summed E-state index contributed by atoms with van der Waals surface area (Å²) >= 11 is 0. The van der Waals surface area contributed by atoms with Gasteiger partial charge in [0.15, 0.2) is 0 Å². The van der Waals surface area contributed by atoms with E-state index in [1.807, 2.05) is 0 Å². The molecule has 0 aliphatic heterocycles. The average molecular weight is 157 g/mol. The Labute approximate surface area is 61.9 Å². The molecule has 0 saturated heterocycles. The molecule has 0 aliphatic carbocycles. The summed E-state index contributed by atoms with van der Waals surface area (Å²) in [4.78, 5) is 3.55. The van der Waals surface area contributed by atoms with E-state index in [-0.39, 0.29) is 5.69 Å².